The van der Waals surface area contributed by atoms with Gasteiger partial charge in [0, 0.05) is 37.6 Å². The molecule has 0 atom stereocenters. The number of carbonyl (C=O) groups excluding carboxylic acids is 1. The number of amides is 1. The largest absolute Gasteiger partial charge is 0.497 e. The van der Waals surface area contributed by atoms with Crippen LogP contribution in [-0.2, 0) is 9.47 Å². The molecule has 2 aliphatic rings. The van der Waals surface area contributed by atoms with Crippen molar-refractivity contribution in [3.8, 4) is 11.5 Å². The molecule has 2 fully saturated rings. The average Bonchev–Trinajstić information content (AvgIpc) is 3.22. The van der Waals surface area contributed by atoms with Crippen LogP contribution in [0.25, 0.3) is 0 Å². The fourth-order valence-corrected chi connectivity index (χ4v) is 3.65. The first kappa shape index (κ1) is 19.5. The lowest BCUT2D eigenvalue weighted by Gasteiger charge is -2.38. The van der Waals surface area contributed by atoms with Crippen LogP contribution in [0.15, 0.2) is 36.5 Å². The molecule has 2 aromatic rings. The van der Waals surface area contributed by atoms with Gasteiger partial charge in [-0.05, 0) is 24.3 Å². The summed E-state index contributed by atoms with van der Waals surface area (Å²) in [6.45, 7) is 2.99. The van der Waals surface area contributed by atoms with Gasteiger partial charge >= 0.3 is 0 Å². The van der Waals surface area contributed by atoms with Crippen molar-refractivity contribution < 1.29 is 23.7 Å². The van der Waals surface area contributed by atoms with E-state index in [1.165, 1.54) is 0 Å². The topological polar surface area (TPSA) is 82.2 Å². The summed E-state index contributed by atoms with van der Waals surface area (Å²) < 4.78 is 22.0. The summed E-state index contributed by atoms with van der Waals surface area (Å²) in [6, 6.07) is 8.81. The maximum absolute atomic E-state index is 12.6. The molecule has 0 radical (unpaired) electrons. The number of nitrogens with zero attached hydrogens (tertiary/aromatic N) is 2. The van der Waals surface area contributed by atoms with Crippen LogP contribution in [0.3, 0.4) is 0 Å². The third kappa shape index (κ3) is 4.28. The maximum Gasteiger partial charge on any atom is 0.255 e. The number of piperidine rings is 1. The molecule has 2 aliphatic heterocycles. The van der Waals surface area contributed by atoms with Gasteiger partial charge in [0.2, 0.25) is 0 Å². The molecule has 8 heteroatoms. The highest BCUT2D eigenvalue weighted by Crippen LogP contribution is 2.32. The van der Waals surface area contributed by atoms with Gasteiger partial charge in [0.1, 0.15) is 17.3 Å². The molecule has 29 heavy (non-hydrogen) atoms. The Bertz CT molecular complexity index is 833. The summed E-state index contributed by atoms with van der Waals surface area (Å²) in [7, 11) is 3.10. The maximum atomic E-state index is 12.6. The van der Waals surface area contributed by atoms with Crippen molar-refractivity contribution in [2.24, 2.45) is 0 Å². The van der Waals surface area contributed by atoms with E-state index in [9.17, 15) is 4.79 Å². The number of aromatic nitrogens is 1. The predicted molar refractivity (Wildman–Crippen MR) is 108 cm³/mol. The highest BCUT2D eigenvalue weighted by atomic mass is 16.7. The number of pyridine rings is 1. The molecule has 0 aliphatic carbocycles. The van der Waals surface area contributed by atoms with Crippen LogP contribution < -0.4 is 19.7 Å². The van der Waals surface area contributed by atoms with Gasteiger partial charge in [-0.2, -0.15) is 0 Å². The first-order chi connectivity index (χ1) is 14.1. The smallest absolute Gasteiger partial charge is 0.255 e. The minimum absolute atomic E-state index is 0.257. The number of hydrogen-bond donors (Lipinski definition) is 1. The van der Waals surface area contributed by atoms with Crippen LogP contribution >= 0.6 is 0 Å². The molecule has 2 saturated heterocycles. The van der Waals surface area contributed by atoms with Gasteiger partial charge < -0.3 is 29.2 Å². The fraction of sp³-hybridized carbons (Fsp3) is 0.429. The van der Waals surface area contributed by atoms with E-state index >= 15 is 0 Å². The van der Waals surface area contributed by atoms with Gasteiger partial charge in [0.15, 0.2) is 5.79 Å². The summed E-state index contributed by atoms with van der Waals surface area (Å²) in [4.78, 5) is 19.3. The molecule has 0 unspecified atom stereocenters. The van der Waals surface area contributed by atoms with Crippen molar-refractivity contribution in [3.05, 3.63) is 42.1 Å². The fourth-order valence-electron chi connectivity index (χ4n) is 3.65. The van der Waals surface area contributed by atoms with E-state index < -0.39 is 5.79 Å². The molecule has 0 bridgehead atoms. The van der Waals surface area contributed by atoms with Crippen LogP contribution in [0.1, 0.15) is 23.2 Å². The number of ether oxygens (including phenoxy) is 4. The zero-order valence-corrected chi connectivity index (χ0v) is 16.6. The van der Waals surface area contributed by atoms with E-state index in [1.54, 1.807) is 38.6 Å². The summed E-state index contributed by atoms with van der Waals surface area (Å²) >= 11 is 0. The van der Waals surface area contributed by atoms with Gasteiger partial charge in [0.25, 0.3) is 5.91 Å². The number of methoxy groups -OCH3 is 2. The summed E-state index contributed by atoms with van der Waals surface area (Å²) in [5.41, 5.74) is 1.07. The molecule has 1 aromatic carbocycles. The predicted octanol–water partition coefficient (Wildman–Crippen LogP) is 2.69. The Morgan fingerprint density at radius 1 is 1.07 bits per heavy atom. The van der Waals surface area contributed by atoms with Crippen LogP contribution in [0.2, 0.25) is 0 Å². The Balaban J connectivity index is 1.39. The Kier molecular flexibility index (Phi) is 5.55. The molecular weight excluding hydrogens is 374 g/mol. The van der Waals surface area contributed by atoms with E-state index in [1.807, 2.05) is 12.1 Å². The van der Waals surface area contributed by atoms with Crippen molar-refractivity contribution in [3.63, 3.8) is 0 Å². The second-order valence-electron chi connectivity index (χ2n) is 7.06. The van der Waals surface area contributed by atoms with Crippen molar-refractivity contribution >= 4 is 17.4 Å². The number of carbonyl (C=O) groups is 1. The normalized spacial score (nSPS) is 17.9. The van der Waals surface area contributed by atoms with Crippen LogP contribution in [0.4, 0.5) is 11.5 Å². The minimum Gasteiger partial charge on any atom is -0.497 e. The van der Waals surface area contributed by atoms with Gasteiger partial charge in [0.05, 0.1) is 39.3 Å². The lowest BCUT2D eigenvalue weighted by molar-refractivity contribution is -0.169. The Morgan fingerprint density at radius 3 is 2.28 bits per heavy atom. The molecular formula is C21H25N3O5. The monoisotopic (exact) mass is 399 g/mol. The third-order valence-corrected chi connectivity index (χ3v) is 5.28. The van der Waals surface area contributed by atoms with Crippen LogP contribution in [0.5, 0.6) is 11.5 Å². The first-order valence-corrected chi connectivity index (χ1v) is 9.64. The number of hydrogen-bond acceptors (Lipinski definition) is 7. The zero-order chi connectivity index (χ0) is 20.3. The standard InChI is InChI=1S/C21H25N3O5/c1-26-17-11-15(12-18(13-17)27-2)20(25)23-16-3-4-19(22-14-16)24-7-5-21(6-8-24)28-9-10-29-21/h3-4,11-14H,5-10H2,1-2H3,(H,23,25). The average molecular weight is 399 g/mol. The molecule has 1 amide bonds. The van der Waals surface area contributed by atoms with E-state index in [4.69, 9.17) is 18.9 Å². The summed E-state index contributed by atoms with van der Waals surface area (Å²) in [6.07, 6.45) is 3.31. The number of nitrogens with one attached hydrogen (secondary N) is 1. The molecule has 1 aromatic heterocycles. The zero-order valence-electron chi connectivity index (χ0n) is 16.6. The molecule has 8 nitrogen and oxygen atoms in total. The van der Waals surface area contributed by atoms with E-state index in [2.05, 4.69) is 15.2 Å². The quantitative estimate of drug-likeness (QED) is 0.828. The SMILES string of the molecule is COc1cc(OC)cc(C(=O)Nc2ccc(N3CCC4(CC3)OCCO4)nc2)c1. The lowest BCUT2D eigenvalue weighted by atomic mass is 10.0. The summed E-state index contributed by atoms with van der Waals surface area (Å²) in [5, 5.41) is 2.86. The molecule has 3 heterocycles. The van der Waals surface area contributed by atoms with Gasteiger partial charge in [-0.3, -0.25) is 4.79 Å². The number of benzene rings is 1. The molecule has 1 spiro atoms. The lowest BCUT2D eigenvalue weighted by Crippen LogP contribution is -2.45. The van der Waals surface area contributed by atoms with Gasteiger partial charge in [-0.1, -0.05) is 0 Å². The molecule has 154 valence electrons. The third-order valence-electron chi connectivity index (χ3n) is 5.28. The first-order valence-electron chi connectivity index (χ1n) is 9.64. The second-order valence-corrected chi connectivity index (χ2v) is 7.06. The number of anilines is 2. The Morgan fingerprint density at radius 2 is 1.72 bits per heavy atom. The van der Waals surface area contributed by atoms with Crippen molar-refractivity contribution in [1.29, 1.82) is 0 Å². The Labute approximate surface area is 169 Å². The number of rotatable bonds is 5. The summed E-state index contributed by atoms with van der Waals surface area (Å²) in [5.74, 6) is 1.33. The molecule has 4 rings (SSSR count). The van der Waals surface area contributed by atoms with E-state index in [0.29, 0.717) is 36.0 Å². The highest BCUT2D eigenvalue weighted by Gasteiger charge is 2.39. The van der Waals surface area contributed by atoms with Crippen LogP contribution in [0, 0.1) is 0 Å². The van der Waals surface area contributed by atoms with Crippen LogP contribution in [-0.4, -0.2) is 57.2 Å². The van der Waals surface area contributed by atoms with E-state index in [-0.39, 0.29) is 5.91 Å². The van der Waals surface area contributed by atoms with Crippen molar-refractivity contribution in [2.75, 3.05) is 50.7 Å². The second kappa shape index (κ2) is 8.26. The van der Waals surface area contributed by atoms with Gasteiger partial charge in [-0.15, -0.1) is 0 Å². The van der Waals surface area contributed by atoms with E-state index in [0.717, 1.165) is 31.7 Å². The Hall–Kier alpha value is -2.84. The van der Waals surface area contributed by atoms with Crippen molar-refractivity contribution in [2.45, 2.75) is 18.6 Å². The molecule has 0 saturated carbocycles. The minimum atomic E-state index is -0.401. The highest BCUT2D eigenvalue weighted by molar-refractivity contribution is 6.04. The molecule has 1 N–H and O–H groups in total. The van der Waals surface area contributed by atoms with Gasteiger partial charge in [-0.25, -0.2) is 4.98 Å². The van der Waals surface area contributed by atoms with Crippen molar-refractivity contribution in [1.82, 2.24) is 4.98 Å².